The van der Waals surface area contributed by atoms with E-state index in [2.05, 4.69) is 16.2 Å². The first-order valence-corrected chi connectivity index (χ1v) is 7.88. The van der Waals surface area contributed by atoms with Crippen LogP contribution < -0.4 is 16.2 Å². The van der Waals surface area contributed by atoms with Gasteiger partial charge in [0.25, 0.3) is 0 Å². The van der Waals surface area contributed by atoms with Gasteiger partial charge >= 0.3 is 0 Å². The van der Waals surface area contributed by atoms with E-state index in [4.69, 9.17) is 0 Å². The van der Waals surface area contributed by atoms with Crippen LogP contribution in [0.1, 0.15) is 37.4 Å². The maximum absolute atomic E-state index is 13.6. The number of carbonyl (C=O) groups is 1. The molecule has 6 heteroatoms. The molecule has 0 aromatic heterocycles. The van der Waals surface area contributed by atoms with Crippen molar-refractivity contribution in [1.29, 1.82) is 0 Å². The molecule has 1 saturated heterocycles. The van der Waals surface area contributed by atoms with Crippen molar-refractivity contribution in [1.82, 2.24) is 16.2 Å². The molecule has 1 amide bonds. The lowest BCUT2D eigenvalue weighted by Crippen LogP contribution is -2.46. The number of carbonyl (C=O) groups excluding carboxylic acids is 1. The summed E-state index contributed by atoms with van der Waals surface area (Å²) in [4.78, 5) is 12.3. The molecule has 0 radical (unpaired) electrons. The third-order valence-corrected chi connectivity index (χ3v) is 4.69. The highest BCUT2D eigenvalue weighted by Crippen LogP contribution is 2.30. The van der Waals surface area contributed by atoms with Crippen LogP contribution >= 0.6 is 0 Å². The number of hydrogen-bond acceptors (Lipinski definition) is 4. The van der Waals surface area contributed by atoms with E-state index < -0.39 is 11.9 Å². The number of fused-ring (bicyclic) bond motifs is 1. The average Bonchev–Trinajstić information content (AvgIpc) is 2.97. The number of aliphatic hydroxyl groups excluding tert-OH is 1. The monoisotopic (exact) mass is 307 g/mol. The van der Waals surface area contributed by atoms with Gasteiger partial charge in [0.05, 0.1) is 6.10 Å². The van der Waals surface area contributed by atoms with Gasteiger partial charge in [0.1, 0.15) is 11.9 Å². The summed E-state index contributed by atoms with van der Waals surface area (Å²) in [7, 11) is 0. The number of hydrogen-bond donors (Lipinski definition) is 4. The molecule has 0 spiro atoms. The van der Waals surface area contributed by atoms with Crippen LogP contribution in [-0.2, 0) is 4.79 Å². The Balaban J connectivity index is 1.55. The van der Waals surface area contributed by atoms with Crippen LogP contribution in [0.3, 0.4) is 0 Å². The molecular weight excluding hydrogens is 285 g/mol. The maximum Gasteiger partial charge on any atom is 0.238 e. The van der Waals surface area contributed by atoms with Crippen molar-refractivity contribution in [2.75, 3.05) is 6.54 Å². The number of halogens is 1. The Hall–Kier alpha value is -1.50. The van der Waals surface area contributed by atoms with Crippen molar-refractivity contribution in [3.8, 4) is 0 Å². The first-order chi connectivity index (χ1) is 10.7. The van der Waals surface area contributed by atoms with Crippen molar-refractivity contribution < 1.29 is 14.3 Å². The summed E-state index contributed by atoms with van der Waals surface area (Å²) < 4.78 is 13.6. The summed E-state index contributed by atoms with van der Waals surface area (Å²) in [5.74, 6) is -0.311. The lowest BCUT2D eigenvalue weighted by atomic mass is 9.81. The van der Waals surface area contributed by atoms with E-state index in [1.807, 2.05) is 0 Å². The molecule has 1 heterocycles. The molecule has 4 atom stereocenters. The van der Waals surface area contributed by atoms with Gasteiger partial charge in [-0.15, -0.1) is 0 Å². The molecule has 2 aliphatic rings. The fourth-order valence-corrected chi connectivity index (χ4v) is 3.46. The molecule has 4 N–H and O–H groups in total. The maximum atomic E-state index is 13.6. The zero-order valence-electron chi connectivity index (χ0n) is 12.4. The second-order valence-corrected chi connectivity index (χ2v) is 6.10. The summed E-state index contributed by atoms with van der Waals surface area (Å²) in [6.45, 7) is 0.00926. The number of aliphatic hydroxyl groups is 1. The average molecular weight is 307 g/mol. The molecule has 1 aliphatic carbocycles. The van der Waals surface area contributed by atoms with Crippen molar-refractivity contribution in [2.45, 2.75) is 43.9 Å². The van der Waals surface area contributed by atoms with Crippen LogP contribution in [0.5, 0.6) is 0 Å². The van der Waals surface area contributed by atoms with Crippen molar-refractivity contribution in [3.05, 3.63) is 35.6 Å². The predicted molar refractivity (Wildman–Crippen MR) is 80.2 cm³/mol. The highest BCUT2D eigenvalue weighted by atomic mass is 19.1. The Bertz CT molecular complexity index is 540. The molecule has 3 rings (SSSR count). The lowest BCUT2D eigenvalue weighted by molar-refractivity contribution is -0.124. The molecule has 2 fully saturated rings. The number of benzene rings is 1. The second-order valence-electron chi connectivity index (χ2n) is 6.10. The molecule has 1 saturated carbocycles. The van der Waals surface area contributed by atoms with Gasteiger partial charge in [-0.2, -0.15) is 0 Å². The standard InChI is InChI=1S/C16H22FN3O2/c17-12-7-3-1-5-10(12)14(21)9-18-16(22)15-11-6-2-4-8-13(11)19-20-15/h1,3,5,7,11,13-15,19-21H,2,4,6,8-9H2,(H,18,22). The van der Waals surface area contributed by atoms with Crippen LogP contribution in [0, 0.1) is 11.7 Å². The van der Waals surface area contributed by atoms with E-state index in [0.29, 0.717) is 12.0 Å². The Morgan fingerprint density at radius 1 is 1.32 bits per heavy atom. The highest BCUT2D eigenvalue weighted by molar-refractivity contribution is 5.82. The smallest absolute Gasteiger partial charge is 0.238 e. The van der Waals surface area contributed by atoms with E-state index in [9.17, 15) is 14.3 Å². The van der Waals surface area contributed by atoms with Crippen molar-refractivity contribution in [3.63, 3.8) is 0 Å². The fourth-order valence-electron chi connectivity index (χ4n) is 3.46. The van der Waals surface area contributed by atoms with E-state index in [1.54, 1.807) is 12.1 Å². The van der Waals surface area contributed by atoms with Gasteiger partial charge in [-0.05, 0) is 18.9 Å². The zero-order valence-corrected chi connectivity index (χ0v) is 12.4. The minimum absolute atomic E-state index is 0.00926. The highest BCUT2D eigenvalue weighted by Gasteiger charge is 2.40. The van der Waals surface area contributed by atoms with Gasteiger partial charge in [-0.1, -0.05) is 31.0 Å². The van der Waals surface area contributed by atoms with Crippen LogP contribution in [-0.4, -0.2) is 29.6 Å². The Morgan fingerprint density at radius 2 is 2.09 bits per heavy atom. The number of rotatable bonds is 4. The molecule has 4 unspecified atom stereocenters. The van der Waals surface area contributed by atoms with Crippen LogP contribution in [0.15, 0.2) is 24.3 Å². The first kappa shape index (κ1) is 15.4. The predicted octanol–water partition coefficient (Wildman–Crippen LogP) is 1.01. The molecule has 1 aromatic rings. The molecular formula is C16H22FN3O2. The quantitative estimate of drug-likeness (QED) is 0.670. The summed E-state index contributed by atoms with van der Waals surface area (Å²) in [5, 5.41) is 12.8. The number of amides is 1. The zero-order chi connectivity index (χ0) is 15.5. The number of nitrogens with one attached hydrogen (secondary N) is 3. The second kappa shape index (κ2) is 6.73. The molecule has 1 aromatic carbocycles. The first-order valence-electron chi connectivity index (χ1n) is 7.88. The Kier molecular flexibility index (Phi) is 4.71. The molecule has 5 nitrogen and oxygen atoms in total. The van der Waals surface area contributed by atoms with E-state index in [1.165, 1.54) is 18.6 Å². The molecule has 22 heavy (non-hydrogen) atoms. The summed E-state index contributed by atoms with van der Waals surface area (Å²) in [6, 6.07) is 6.13. The SMILES string of the molecule is O=C(NCC(O)c1ccccc1F)C1NNC2CCCCC21. The van der Waals surface area contributed by atoms with Gasteiger partial charge in [-0.25, -0.2) is 9.82 Å². The minimum Gasteiger partial charge on any atom is -0.386 e. The van der Waals surface area contributed by atoms with Crippen molar-refractivity contribution in [2.24, 2.45) is 5.92 Å². The molecule has 120 valence electrons. The largest absolute Gasteiger partial charge is 0.386 e. The number of hydrazine groups is 1. The summed E-state index contributed by atoms with van der Waals surface area (Å²) in [5.41, 5.74) is 6.44. The fraction of sp³-hybridized carbons (Fsp3) is 0.562. The third kappa shape index (κ3) is 3.14. The third-order valence-electron chi connectivity index (χ3n) is 4.69. The van der Waals surface area contributed by atoms with Crippen LogP contribution in [0.2, 0.25) is 0 Å². The van der Waals surface area contributed by atoms with Crippen molar-refractivity contribution >= 4 is 5.91 Å². The van der Waals surface area contributed by atoms with Gasteiger partial charge in [0.2, 0.25) is 5.91 Å². The van der Waals surface area contributed by atoms with E-state index in [0.717, 1.165) is 19.3 Å². The normalized spacial score (nSPS) is 28.9. The Morgan fingerprint density at radius 3 is 2.91 bits per heavy atom. The lowest BCUT2D eigenvalue weighted by Gasteiger charge is -2.26. The Labute approximate surface area is 129 Å². The van der Waals surface area contributed by atoms with E-state index in [-0.39, 0.29) is 24.1 Å². The molecule has 1 aliphatic heterocycles. The van der Waals surface area contributed by atoms with Crippen LogP contribution in [0.4, 0.5) is 4.39 Å². The summed E-state index contributed by atoms with van der Waals surface area (Å²) in [6.07, 6.45) is 3.40. The topological polar surface area (TPSA) is 73.4 Å². The van der Waals surface area contributed by atoms with Gasteiger partial charge in [0, 0.05) is 24.1 Å². The van der Waals surface area contributed by atoms with Crippen LogP contribution in [0.25, 0.3) is 0 Å². The van der Waals surface area contributed by atoms with Gasteiger partial charge in [0.15, 0.2) is 0 Å². The summed E-state index contributed by atoms with van der Waals surface area (Å²) >= 11 is 0. The molecule has 0 bridgehead atoms. The van der Waals surface area contributed by atoms with Gasteiger partial charge in [-0.3, -0.25) is 10.2 Å². The van der Waals surface area contributed by atoms with E-state index >= 15 is 0 Å². The van der Waals surface area contributed by atoms with Gasteiger partial charge < -0.3 is 10.4 Å². The minimum atomic E-state index is -1.04.